The third-order valence-corrected chi connectivity index (χ3v) is 4.01. The van der Waals surface area contributed by atoms with Crippen molar-refractivity contribution in [3.63, 3.8) is 0 Å². The van der Waals surface area contributed by atoms with Gasteiger partial charge in [-0.3, -0.25) is 4.79 Å². The highest BCUT2D eigenvalue weighted by molar-refractivity contribution is 6.29. The van der Waals surface area contributed by atoms with Gasteiger partial charge in [-0.25, -0.2) is 4.98 Å². The van der Waals surface area contributed by atoms with Crippen LogP contribution >= 0.6 is 11.6 Å². The van der Waals surface area contributed by atoms with E-state index in [1.807, 2.05) is 13.8 Å². The van der Waals surface area contributed by atoms with Crippen molar-refractivity contribution in [2.24, 2.45) is 5.92 Å². The van der Waals surface area contributed by atoms with E-state index in [0.29, 0.717) is 17.3 Å². The predicted octanol–water partition coefficient (Wildman–Crippen LogP) is 2.75. The summed E-state index contributed by atoms with van der Waals surface area (Å²) in [6.45, 7) is 4.53. The largest absolute Gasteiger partial charge is 0.393 e. The van der Waals surface area contributed by atoms with Crippen LogP contribution in [-0.2, 0) is 0 Å². The van der Waals surface area contributed by atoms with E-state index in [-0.39, 0.29) is 23.8 Å². The van der Waals surface area contributed by atoms with Gasteiger partial charge in [0, 0.05) is 23.7 Å². The van der Waals surface area contributed by atoms with Crippen molar-refractivity contribution in [1.29, 1.82) is 0 Å². The normalized spacial score (nSPS) is 22.2. The summed E-state index contributed by atoms with van der Waals surface area (Å²) < 4.78 is 0. The number of nitrogens with one attached hydrogen (secondary N) is 1. The fraction of sp³-hybridized carbons (Fsp3) is 0.600. The molecule has 1 fully saturated rings. The molecule has 0 bridgehead atoms. The number of carbonyl (C=O) groups is 1. The van der Waals surface area contributed by atoms with Crippen LogP contribution in [0.4, 0.5) is 0 Å². The quantitative estimate of drug-likeness (QED) is 0.840. The molecule has 0 aromatic carbocycles. The van der Waals surface area contributed by atoms with Crippen LogP contribution in [0.25, 0.3) is 0 Å². The Balaban J connectivity index is 2.01. The van der Waals surface area contributed by atoms with E-state index in [4.69, 9.17) is 11.6 Å². The summed E-state index contributed by atoms with van der Waals surface area (Å²) in [6, 6.07) is 3.35. The number of aliphatic hydroxyl groups is 1. The number of halogens is 1. The minimum Gasteiger partial charge on any atom is -0.393 e. The summed E-state index contributed by atoms with van der Waals surface area (Å²) in [5, 5.41) is 13.0. The summed E-state index contributed by atoms with van der Waals surface area (Å²) in [7, 11) is 0. The Hall–Kier alpha value is -1.13. The lowest BCUT2D eigenvalue weighted by atomic mass is 10.1. The van der Waals surface area contributed by atoms with Gasteiger partial charge in [-0.05, 0) is 30.9 Å². The van der Waals surface area contributed by atoms with Gasteiger partial charge in [0.1, 0.15) is 5.15 Å². The van der Waals surface area contributed by atoms with Gasteiger partial charge in [0.2, 0.25) is 0 Å². The molecule has 2 unspecified atom stereocenters. The third kappa shape index (κ3) is 3.70. The van der Waals surface area contributed by atoms with Crippen molar-refractivity contribution >= 4 is 17.5 Å². The van der Waals surface area contributed by atoms with Crippen LogP contribution in [0.2, 0.25) is 5.15 Å². The van der Waals surface area contributed by atoms with E-state index >= 15 is 0 Å². The smallest absolute Gasteiger partial charge is 0.251 e. The topological polar surface area (TPSA) is 62.2 Å². The molecule has 2 rings (SSSR count). The Kier molecular flexibility index (Phi) is 5.00. The van der Waals surface area contributed by atoms with Crippen LogP contribution in [-0.4, -0.2) is 28.6 Å². The average molecular weight is 297 g/mol. The van der Waals surface area contributed by atoms with Crippen LogP contribution in [0.5, 0.6) is 0 Å². The molecule has 110 valence electrons. The summed E-state index contributed by atoms with van der Waals surface area (Å²) in [5.74, 6) is 0.230. The molecule has 0 saturated heterocycles. The van der Waals surface area contributed by atoms with Crippen LogP contribution in [0.3, 0.4) is 0 Å². The molecule has 1 heterocycles. The predicted molar refractivity (Wildman–Crippen MR) is 79.0 cm³/mol. The van der Waals surface area contributed by atoms with Gasteiger partial charge < -0.3 is 10.4 Å². The van der Waals surface area contributed by atoms with Crippen molar-refractivity contribution < 1.29 is 9.90 Å². The second kappa shape index (κ2) is 6.55. The zero-order valence-corrected chi connectivity index (χ0v) is 12.7. The first-order chi connectivity index (χ1) is 9.47. The zero-order chi connectivity index (χ0) is 14.7. The van der Waals surface area contributed by atoms with Crippen LogP contribution in [0, 0.1) is 5.92 Å². The van der Waals surface area contributed by atoms with E-state index in [1.54, 1.807) is 12.1 Å². The molecule has 1 amide bonds. The van der Waals surface area contributed by atoms with Gasteiger partial charge in [-0.1, -0.05) is 31.9 Å². The van der Waals surface area contributed by atoms with E-state index < -0.39 is 0 Å². The zero-order valence-electron chi connectivity index (χ0n) is 11.9. The first-order valence-corrected chi connectivity index (χ1v) is 7.49. The van der Waals surface area contributed by atoms with E-state index in [2.05, 4.69) is 10.3 Å². The number of hydrogen-bond donors (Lipinski definition) is 2. The van der Waals surface area contributed by atoms with Crippen molar-refractivity contribution in [3.05, 3.63) is 28.5 Å². The molecule has 1 saturated carbocycles. The van der Waals surface area contributed by atoms with E-state index in [9.17, 15) is 9.90 Å². The molecule has 5 heteroatoms. The minimum absolute atomic E-state index is 0.157. The molecule has 4 nitrogen and oxygen atoms in total. The molecular formula is C15H21ClN2O2. The Morgan fingerprint density at radius 2 is 2.25 bits per heavy atom. The van der Waals surface area contributed by atoms with Gasteiger partial charge in [0.15, 0.2) is 0 Å². The van der Waals surface area contributed by atoms with Crippen molar-refractivity contribution in [1.82, 2.24) is 10.3 Å². The monoisotopic (exact) mass is 296 g/mol. The van der Waals surface area contributed by atoms with Crippen molar-refractivity contribution in [2.75, 3.05) is 6.54 Å². The first kappa shape index (κ1) is 15.3. The highest BCUT2D eigenvalue weighted by Gasteiger charge is 2.25. The van der Waals surface area contributed by atoms with Crippen molar-refractivity contribution in [2.45, 2.75) is 45.1 Å². The first-order valence-electron chi connectivity index (χ1n) is 7.11. The molecule has 0 spiro atoms. The van der Waals surface area contributed by atoms with Crippen molar-refractivity contribution in [3.8, 4) is 0 Å². The fourth-order valence-corrected chi connectivity index (χ4v) is 2.74. The minimum atomic E-state index is -0.289. The third-order valence-electron chi connectivity index (χ3n) is 3.81. The number of pyridine rings is 1. The van der Waals surface area contributed by atoms with Crippen LogP contribution in [0.1, 0.15) is 55.1 Å². The maximum atomic E-state index is 12.2. The van der Waals surface area contributed by atoms with Crippen LogP contribution in [0.15, 0.2) is 12.1 Å². The van der Waals surface area contributed by atoms with Gasteiger partial charge in [-0.15, -0.1) is 0 Å². The van der Waals surface area contributed by atoms with E-state index in [0.717, 1.165) is 25.0 Å². The lowest BCUT2D eigenvalue weighted by Crippen LogP contribution is -2.32. The standard InChI is InChI=1S/C15H21ClN2O2/c1-9(2)12-6-11(7-14(16)18-12)15(20)17-8-10-4-3-5-13(10)19/h6-7,9-10,13,19H,3-5,8H2,1-2H3,(H,17,20). The molecule has 2 N–H and O–H groups in total. The van der Waals surface area contributed by atoms with E-state index in [1.165, 1.54) is 0 Å². The average Bonchev–Trinajstić information content (AvgIpc) is 2.80. The Morgan fingerprint density at radius 3 is 2.85 bits per heavy atom. The maximum Gasteiger partial charge on any atom is 0.251 e. The Bertz CT molecular complexity index is 491. The summed E-state index contributed by atoms with van der Waals surface area (Å²) >= 11 is 5.96. The highest BCUT2D eigenvalue weighted by Crippen LogP contribution is 2.25. The number of aromatic nitrogens is 1. The molecule has 1 aliphatic carbocycles. The van der Waals surface area contributed by atoms with Gasteiger partial charge in [-0.2, -0.15) is 0 Å². The molecule has 0 radical (unpaired) electrons. The molecular weight excluding hydrogens is 276 g/mol. The second-order valence-electron chi connectivity index (χ2n) is 5.73. The number of hydrogen-bond acceptors (Lipinski definition) is 3. The summed E-state index contributed by atoms with van der Waals surface area (Å²) in [4.78, 5) is 16.4. The molecule has 1 aromatic heterocycles. The lowest BCUT2D eigenvalue weighted by molar-refractivity contribution is 0.0916. The second-order valence-corrected chi connectivity index (χ2v) is 6.11. The molecule has 2 atom stereocenters. The molecule has 1 aliphatic rings. The Labute approximate surface area is 124 Å². The number of nitrogens with zero attached hydrogens (tertiary/aromatic N) is 1. The number of rotatable bonds is 4. The number of carbonyl (C=O) groups excluding carboxylic acids is 1. The number of amides is 1. The molecule has 20 heavy (non-hydrogen) atoms. The highest BCUT2D eigenvalue weighted by atomic mass is 35.5. The summed E-state index contributed by atoms with van der Waals surface area (Å²) in [5.41, 5.74) is 1.34. The van der Waals surface area contributed by atoms with Gasteiger partial charge >= 0.3 is 0 Å². The van der Waals surface area contributed by atoms with Gasteiger partial charge in [0.25, 0.3) is 5.91 Å². The Morgan fingerprint density at radius 1 is 1.50 bits per heavy atom. The number of aliphatic hydroxyl groups excluding tert-OH is 1. The molecule has 0 aliphatic heterocycles. The molecule has 1 aromatic rings. The van der Waals surface area contributed by atoms with Gasteiger partial charge in [0.05, 0.1) is 6.10 Å². The summed E-state index contributed by atoms with van der Waals surface area (Å²) in [6.07, 6.45) is 2.54. The fourth-order valence-electron chi connectivity index (χ4n) is 2.53. The lowest BCUT2D eigenvalue weighted by Gasteiger charge is -2.15. The van der Waals surface area contributed by atoms with Crippen LogP contribution < -0.4 is 5.32 Å². The SMILES string of the molecule is CC(C)c1cc(C(=O)NCC2CCCC2O)cc(Cl)n1. The maximum absolute atomic E-state index is 12.2.